The Hall–Kier alpha value is -0.158. The third-order valence-corrected chi connectivity index (χ3v) is 3.97. The Morgan fingerprint density at radius 3 is 1.12 bits per heavy atom. The van der Waals surface area contributed by atoms with Crippen LogP contribution in [0.2, 0.25) is 0 Å². The minimum atomic E-state index is 0. The monoisotopic (exact) mass is 238 g/mol. The van der Waals surface area contributed by atoms with Crippen LogP contribution in [0.25, 0.3) is 16.0 Å². The summed E-state index contributed by atoms with van der Waals surface area (Å²) in [6.07, 6.45) is 15.4. The van der Waals surface area contributed by atoms with E-state index in [9.17, 15) is 0 Å². The van der Waals surface area contributed by atoms with Gasteiger partial charge in [0.25, 0.3) is 0 Å². The van der Waals surface area contributed by atoms with E-state index in [1.54, 1.807) is 25.7 Å². The molecule has 0 aromatic heterocycles. The molecule has 2 aliphatic carbocycles. The van der Waals surface area contributed by atoms with Gasteiger partial charge in [-0.1, -0.05) is 64.2 Å². The van der Waals surface area contributed by atoms with Gasteiger partial charge >= 0.3 is 0 Å². The summed E-state index contributed by atoms with van der Waals surface area (Å²) in [5, 5.41) is 0. The summed E-state index contributed by atoms with van der Waals surface area (Å²) < 4.78 is 0. The first-order valence-corrected chi connectivity index (χ1v) is 6.37. The molecule has 0 radical (unpaired) electrons. The smallest absolute Gasteiger partial charge is 0.187 e. The lowest BCUT2D eigenvalue weighted by Crippen LogP contribution is -2.20. The molecule has 2 saturated carbocycles. The lowest BCUT2D eigenvalue weighted by Gasteiger charge is -2.32. The molecule has 0 saturated heterocycles. The second kappa shape index (κ2) is 10.0. The topological polar surface area (TPSA) is 58.7 Å². The second-order valence-electron chi connectivity index (χ2n) is 4.89. The first-order chi connectivity index (χ1) is 7.38. The lowest BCUT2D eigenvalue weighted by molar-refractivity contribution is 0.196. The van der Waals surface area contributed by atoms with Crippen LogP contribution in [-0.4, -0.2) is 17.4 Å². The van der Waals surface area contributed by atoms with Crippen LogP contribution < -0.4 is 0 Å². The summed E-state index contributed by atoms with van der Waals surface area (Å²) >= 11 is 0. The van der Waals surface area contributed by atoms with Crippen molar-refractivity contribution in [1.82, 2.24) is 0 Å². The molecule has 0 bridgehead atoms. The molecule has 0 aromatic rings. The minimum absolute atomic E-state index is 0. The lowest BCUT2D eigenvalue weighted by atomic mass is 9.73. The third kappa shape index (κ3) is 5.80. The van der Waals surface area contributed by atoms with Crippen molar-refractivity contribution in [2.75, 3.05) is 0 Å². The Bertz CT molecular complexity index is 174. The molecule has 2 aliphatic rings. The van der Waals surface area contributed by atoms with Crippen molar-refractivity contribution in [2.45, 2.75) is 64.2 Å². The van der Waals surface area contributed by atoms with E-state index in [4.69, 9.17) is 11.1 Å². The molecular formula is C12H25AlN3-. The standard InChI is InChI=1S/C12H22.Al.N3.3H/c1-3-7-11(8-4-1)12-9-5-2-6-10-12;;1-3-2;;;/h11-12H,1-10H2;;;;;/q;;-1;;;. The van der Waals surface area contributed by atoms with Crippen molar-refractivity contribution < 1.29 is 0 Å². The fourth-order valence-electron chi connectivity index (χ4n) is 3.21. The minimum Gasteiger partial charge on any atom is -0.373 e. The number of hydrogen-bond donors (Lipinski definition) is 0. The molecule has 2 fully saturated rings. The summed E-state index contributed by atoms with van der Waals surface area (Å²) in [6, 6.07) is 0. The van der Waals surface area contributed by atoms with Crippen LogP contribution in [0.1, 0.15) is 64.2 Å². The highest BCUT2D eigenvalue weighted by atomic mass is 27.0. The van der Waals surface area contributed by atoms with Gasteiger partial charge in [0.1, 0.15) is 0 Å². The number of rotatable bonds is 1. The van der Waals surface area contributed by atoms with E-state index in [2.05, 4.69) is 0 Å². The van der Waals surface area contributed by atoms with Crippen molar-refractivity contribution in [2.24, 2.45) is 11.8 Å². The van der Waals surface area contributed by atoms with Gasteiger partial charge < -0.3 is 11.1 Å². The molecule has 0 unspecified atom stereocenters. The predicted molar refractivity (Wildman–Crippen MR) is 73.2 cm³/mol. The maximum absolute atomic E-state index is 6.75. The van der Waals surface area contributed by atoms with Crippen LogP contribution in [-0.2, 0) is 0 Å². The number of nitrogens with zero attached hydrogens (tertiary/aromatic N) is 3. The molecule has 16 heavy (non-hydrogen) atoms. The molecule has 92 valence electrons. The maximum atomic E-state index is 6.75. The zero-order valence-electron chi connectivity index (χ0n) is 9.57. The Morgan fingerprint density at radius 2 is 0.875 bits per heavy atom. The molecular weight excluding hydrogens is 213 g/mol. The quantitative estimate of drug-likeness (QED) is 0.288. The zero-order chi connectivity index (χ0) is 10.9. The Morgan fingerprint density at radius 1 is 0.625 bits per heavy atom. The van der Waals surface area contributed by atoms with Gasteiger partial charge in [0.15, 0.2) is 17.4 Å². The molecule has 0 heterocycles. The highest BCUT2D eigenvalue weighted by Crippen LogP contribution is 2.37. The SMILES string of the molecule is C1CCC(C2CCCCC2)CC1.[AlH3].[N-]=[N+]=[N-]. The Kier molecular flexibility index (Phi) is 9.93. The van der Waals surface area contributed by atoms with Crippen molar-refractivity contribution in [3.05, 3.63) is 16.0 Å². The van der Waals surface area contributed by atoms with E-state index in [1.807, 2.05) is 0 Å². The van der Waals surface area contributed by atoms with Crippen molar-refractivity contribution in [3.8, 4) is 0 Å². The van der Waals surface area contributed by atoms with Crippen LogP contribution in [0.15, 0.2) is 0 Å². The van der Waals surface area contributed by atoms with E-state index >= 15 is 0 Å². The molecule has 0 atom stereocenters. The van der Waals surface area contributed by atoms with Gasteiger partial charge in [-0.2, -0.15) is 0 Å². The summed E-state index contributed by atoms with van der Waals surface area (Å²) in [6.45, 7) is 0. The van der Waals surface area contributed by atoms with Crippen LogP contribution in [0.4, 0.5) is 0 Å². The molecule has 0 N–H and O–H groups in total. The first kappa shape index (κ1) is 15.8. The average molecular weight is 238 g/mol. The molecule has 4 heteroatoms. The molecule has 0 aliphatic heterocycles. The largest absolute Gasteiger partial charge is 0.373 e. The third-order valence-electron chi connectivity index (χ3n) is 3.97. The van der Waals surface area contributed by atoms with Crippen LogP contribution >= 0.6 is 0 Å². The van der Waals surface area contributed by atoms with Crippen molar-refractivity contribution in [3.63, 3.8) is 0 Å². The second-order valence-corrected chi connectivity index (χ2v) is 4.89. The first-order valence-electron chi connectivity index (χ1n) is 6.37. The summed E-state index contributed by atoms with van der Waals surface area (Å²) in [5.74, 6) is 2.28. The molecule has 0 aromatic carbocycles. The Balaban J connectivity index is 0.000000511. The van der Waals surface area contributed by atoms with E-state index in [0.29, 0.717) is 0 Å². The average Bonchev–Trinajstić information content (AvgIpc) is 2.32. The Labute approximate surface area is 110 Å². The highest BCUT2D eigenvalue weighted by Gasteiger charge is 2.24. The maximum Gasteiger partial charge on any atom is 0.187 e. The van der Waals surface area contributed by atoms with Crippen LogP contribution in [0, 0.1) is 11.8 Å². The molecule has 3 nitrogen and oxygen atoms in total. The number of hydrogen-bond acceptors (Lipinski definition) is 0. The van der Waals surface area contributed by atoms with Gasteiger partial charge in [0.05, 0.1) is 0 Å². The van der Waals surface area contributed by atoms with Gasteiger partial charge in [-0.25, -0.2) is 0 Å². The van der Waals surface area contributed by atoms with Crippen LogP contribution in [0.3, 0.4) is 0 Å². The fraction of sp³-hybridized carbons (Fsp3) is 1.00. The van der Waals surface area contributed by atoms with Gasteiger partial charge in [-0.3, -0.25) is 4.91 Å². The molecule has 0 spiro atoms. The van der Waals surface area contributed by atoms with Gasteiger partial charge in [-0.15, -0.1) is 0 Å². The highest BCUT2D eigenvalue weighted by molar-refractivity contribution is 5.75. The summed E-state index contributed by atoms with van der Waals surface area (Å²) in [5.41, 5.74) is 13.5. The summed E-state index contributed by atoms with van der Waals surface area (Å²) in [4.78, 5) is 1.50. The zero-order valence-corrected chi connectivity index (χ0v) is 9.57. The van der Waals surface area contributed by atoms with E-state index in [0.717, 1.165) is 11.8 Å². The van der Waals surface area contributed by atoms with Gasteiger partial charge in [-0.05, 0) is 11.8 Å². The van der Waals surface area contributed by atoms with Crippen molar-refractivity contribution in [1.29, 1.82) is 0 Å². The normalized spacial score (nSPS) is 22.2. The molecule has 0 amide bonds. The van der Waals surface area contributed by atoms with E-state index < -0.39 is 0 Å². The van der Waals surface area contributed by atoms with Crippen molar-refractivity contribution >= 4 is 17.4 Å². The van der Waals surface area contributed by atoms with Gasteiger partial charge in [0.2, 0.25) is 0 Å². The molecule has 2 rings (SSSR count). The van der Waals surface area contributed by atoms with E-state index in [-0.39, 0.29) is 17.4 Å². The van der Waals surface area contributed by atoms with Crippen LogP contribution in [0.5, 0.6) is 0 Å². The predicted octanol–water partition coefficient (Wildman–Crippen LogP) is 3.83. The summed E-state index contributed by atoms with van der Waals surface area (Å²) in [7, 11) is 0. The fourth-order valence-corrected chi connectivity index (χ4v) is 3.21. The van der Waals surface area contributed by atoms with E-state index in [1.165, 1.54) is 43.4 Å². The van der Waals surface area contributed by atoms with Gasteiger partial charge in [0, 0.05) is 0 Å².